The molecule has 0 radical (unpaired) electrons. The third-order valence-corrected chi connectivity index (χ3v) is 4.32. The van der Waals surface area contributed by atoms with E-state index in [-0.39, 0.29) is 0 Å². The molecule has 0 heterocycles. The van der Waals surface area contributed by atoms with Gasteiger partial charge in [-0.25, -0.2) is 0 Å². The average molecular weight is 326 g/mol. The van der Waals surface area contributed by atoms with Gasteiger partial charge in [-0.15, -0.1) is 0 Å². The van der Waals surface area contributed by atoms with E-state index in [2.05, 4.69) is 22.9 Å². The van der Waals surface area contributed by atoms with Crippen LogP contribution < -0.4 is 0 Å². The van der Waals surface area contributed by atoms with Crippen molar-refractivity contribution in [3.05, 3.63) is 68.1 Å². The van der Waals surface area contributed by atoms with E-state index in [1.165, 1.54) is 11.1 Å². The molecule has 18 heavy (non-hydrogen) atoms. The summed E-state index contributed by atoms with van der Waals surface area (Å²) < 4.78 is 0.796. The van der Waals surface area contributed by atoms with Crippen molar-refractivity contribution < 1.29 is 5.11 Å². The molecular weight excluding hydrogens is 312 g/mol. The monoisotopic (exact) mass is 324 g/mol. The van der Waals surface area contributed by atoms with Gasteiger partial charge in [0.25, 0.3) is 0 Å². The van der Waals surface area contributed by atoms with Gasteiger partial charge in [0.1, 0.15) is 6.10 Å². The summed E-state index contributed by atoms with van der Waals surface area (Å²) in [6.07, 6.45) is -0.627. The van der Waals surface area contributed by atoms with Crippen LogP contribution in [0.3, 0.4) is 0 Å². The first-order valence-corrected chi connectivity index (χ1v) is 6.86. The maximum absolute atomic E-state index is 10.4. The largest absolute Gasteiger partial charge is 0.384 e. The highest BCUT2D eigenvalue weighted by atomic mass is 79.9. The predicted molar refractivity (Wildman–Crippen MR) is 79.1 cm³/mol. The molecule has 2 aromatic rings. The number of rotatable bonds is 2. The molecule has 0 saturated carbocycles. The molecule has 1 nitrogen and oxygen atoms in total. The summed E-state index contributed by atoms with van der Waals surface area (Å²) in [7, 11) is 0. The van der Waals surface area contributed by atoms with Crippen molar-refractivity contribution in [2.24, 2.45) is 0 Å². The molecule has 0 bridgehead atoms. The molecule has 1 N–H and O–H groups in total. The second-order valence-electron chi connectivity index (χ2n) is 4.42. The summed E-state index contributed by atoms with van der Waals surface area (Å²) in [5.74, 6) is 0. The van der Waals surface area contributed by atoms with Gasteiger partial charge in [-0.2, -0.15) is 0 Å². The fourth-order valence-corrected chi connectivity index (χ4v) is 2.32. The van der Waals surface area contributed by atoms with Crippen LogP contribution in [0.25, 0.3) is 0 Å². The van der Waals surface area contributed by atoms with Crippen molar-refractivity contribution in [1.82, 2.24) is 0 Å². The Morgan fingerprint density at radius 2 is 1.61 bits per heavy atom. The molecule has 2 rings (SSSR count). The Balaban J connectivity index is 2.37. The van der Waals surface area contributed by atoms with E-state index in [1.807, 2.05) is 37.3 Å². The smallest absolute Gasteiger partial charge is 0.104 e. The van der Waals surface area contributed by atoms with Crippen molar-refractivity contribution in [2.75, 3.05) is 0 Å². The van der Waals surface area contributed by atoms with Crippen LogP contribution in [0.1, 0.15) is 28.4 Å². The number of benzene rings is 2. The van der Waals surface area contributed by atoms with E-state index in [4.69, 9.17) is 11.6 Å². The van der Waals surface area contributed by atoms with E-state index in [1.54, 1.807) is 6.07 Å². The molecule has 0 aliphatic rings. The van der Waals surface area contributed by atoms with E-state index in [0.717, 1.165) is 15.6 Å². The lowest BCUT2D eigenvalue weighted by Gasteiger charge is -2.14. The average Bonchev–Trinajstić information content (AvgIpc) is 2.35. The van der Waals surface area contributed by atoms with Gasteiger partial charge in [-0.1, -0.05) is 35.9 Å². The molecule has 0 fully saturated rings. The van der Waals surface area contributed by atoms with E-state index in [9.17, 15) is 5.11 Å². The zero-order chi connectivity index (χ0) is 13.3. The van der Waals surface area contributed by atoms with Crippen LogP contribution in [-0.4, -0.2) is 5.11 Å². The lowest BCUT2D eigenvalue weighted by atomic mass is 9.98. The maximum Gasteiger partial charge on any atom is 0.104 e. The number of aliphatic hydroxyl groups excluding tert-OH is 1. The second-order valence-corrected chi connectivity index (χ2v) is 5.68. The normalized spacial score (nSPS) is 12.5. The molecule has 0 aromatic heterocycles. The number of halogens is 2. The van der Waals surface area contributed by atoms with Crippen LogP contribution in [0, 0.1) is 13.8 Å². The van der Waals surface area contributed by atoms with Gasteiger partial charge in [-0.05, 0) is 64.2 Å². The third kappa shape index (κ3) is 2.77. The van der Waals surface area contributed by atoms with Gasteiger partial charge in [0.15, 0.2) is 0 Å². The summed E-state index contributed by atoms with van der Waals surface area (Å²) >= 11 is 9.32. The summed E-state index contributed by atoms with van der Waals surface area (Å²) in [5, 5.41) is 11.0. The number of aliphatic hydroxyl groups is 1. The summed E-state index contributed by atoms with van der Waals surface area (Å²) in [6.45, 7) is 4.10. The molecule has 1 atom stereocenters. The second kappa shape index (κ2) is 5.43. The van der Waals surface area contributed by atoms with Gasteiger partial charge in [-0.3, -0.25) is 0 Å². The first kappa shape index (κ1) is 13.6. The van der Waals surface area contributed by atoms with Crippen LogP contribution in [0.4, 0.5) is 0 Å². The summed E-state index contributed by atoms with van der Waals surface area (Å²) in [5.41, 5.74) is 4.13. The minimum absolute atomic E-state index is 0.627. The fourth-order valence-electron chi connectivity index (χ4n) is 1.81. The van der Waals surface area contributed by atoms with Gasteiger partial charge in [0.2, 0.25) is 0 Å². The minimum Gasteiger partial charge on any atom is -0.384 e. The standard InChI is InChI=1S/C15H14BrClO/c1-9-3-4-11(7-10(9)2)15(18)12-5-6-14(17)13(16)8-12/h3-8,15,18H,1-2H3. The Kier molecular flexibility index (Phi) is 4.10. The van der Waals surface area contributed by atoms with E-state index >= 15 is 0 Å². The molecule has 0 aliphatic carbocycles. The molecule has 0 amide bonds. The quantitative estimate of drug-likeness (QED) is 0.841. The predicted octanol–water partition coefficient (Wildman–Crippen LogP) is 4.80. The number of aryl methyl sites for hydroxylation is 2. The van der Waals surface area contributed by atoms with Crippen molar-refractivity contribution >= 4 is 27.5 Å². The van der Waals surface area contributed by atoms with Crippen LogP contribution in [0.2, 0.25) is 5.02 Å². The van der Waals surface area contributed by atoms with Gasteiger partial charge in [0.05, 0.1) is 5.02 Å². The van der Waals surface area contributed by atoms with Crippen LogP contribution in [-0.2, 0) is 0 Å². The highest BCUT2D eigenvalue weighted by molar-refractivity contribution is 9.10. The van der Waals surface area contributed by atoms with Crippen molar-refractivity contribution in [3.8, 4) is 0 Å². The zero-order valence-electron chi connectivity index (χ0n) is 10.2. The van der Waals surface area contributed by atoms with Gasteiger partial charge in [0, 0.05) is 4.47 Å². The first-order chi connectivity index (χ1) is 8.49. The molecule has 2 aromatic carbocycles. The van der Waals surface area contributed by atoms with Crippen molar-refractivity contribution in [3.63, 3.8) is 0 Å². The number of hydrogen-bond donors (Lipinski definition) is 1. The Morgan fingerprint density at radius 3 is 2.22 bits per heavy atom. The SMILES string of the molecule is Cc1ccc(C(O)c2ccc(Cl)c(Br)c2)cc1C. The molecule has 3 heteroatoms. The lowest BCUT2D eigenvalue weighted by molar-refractivity contribution is 0.220. The van der Waals surface area contributed by atoms with Crippen LogP contribution >= 0.6 is 27.5 Å². The highest BCUT2D eigenvalue weighted by Gasteiger charge is 2.12. The topological polar surface area (TPSA) is 20.2 Å². The first-order valence-electron chi connectivity index (χ1n) is 5.69. The lowest BCUT2D eigenvalue weighted by Crippen LogP contribution is -2.00. The third-order valence-electron chi connectivity index (χ3n) is 3.11. The fraction of sp³-hybridized carbons (Fsp3) is 0.200. The zero-order valence-corrected chi connectivity index (χ0v) is 12.6. The molecule has 1 unspecified atom stereocenters. The summed E-state index contributed by atoms with van der Waals surface area (Å²) in [6, 6.07) is 11.5. The van der Waals surface area contributed by atoms with Crippen molar-refractivity contribution in [2.45, 2.75) is 20.0 Å². The van der Waals surface area contributed by atoms with Crippen LogP contribution in [0.15, 0.2) is 40.9 Å². The maximum atomic E-state index is 10.4. The number of hydrogen-bond acceptors (Lipinski definition) is 1. The Morgan fingerprint density at radius 1 is 1.00 bits per heavy atom. The Labute approximate surface area is 121 Å². The van der Waals surface area contributed by atoms with Crippen LogP contribution in [0.5, 0.6) is 0 Å². The molecule has 94 valence electrons. The van der Waals surface area contributed by atoms with Crippen molar-refractivity contribution in [1.29, 1.82) is 0 Å². The molecule has 0 aliphatic heterocycles. The summed E-state index contributed by atoms with van der Waals surface area (Å²) in [4.78, 5) is 0. The van der Waals surface area contributed by atoms with Gasteiger partial charge >= 0.3 is 0 Å². The van der Waals surface area contributed by atoms with E-state index in [0.29, 0.717) is 5.02 Å². The molecule has 0 spiro atoms. The Bertz CT molecular complexity index is 529. The minimum atomic E-state index is -0.627. The molecular formula is C15H14BrClO. The Hall–Kier alpha value is -0.830. The highest BCUT2D eigenvalue weighted by Crippen LogP contribution is 2.29. The van der Waals surface area contributed by atoms with Gasteiger partial charge < -0.3 is 5.11 Å². The van der Waals surface area contributed by atoms with E-state index < -0.39 is 6.10 Å². The molecule has 0 saturated heterocycles.